The average Bonchev–Trinajstić information content (AvgIpc) is 2.31. The van der Waals surface area contributed by atoms with Gasteiger partial charge >= 0.3 is 6.36 Å². The zero-order valence-corrected chi connectivity index (χ0v) is 10.5. The van der Waals surface area contributed by atoms with E-state index in [9.17, 15) is 13.2 Å². The van der Waals surface area contributed by atoms with E-state index in [2.05, 4.69) is 10.1 Å². The highest BCUT2D eigenvalue weighted by atomic mass is 35.5. The van der Waals surface area contributed by atoms with Crippen molar-refractivity contribution in [1.82, 2.24) is 0 Å². The fraction of sp³-hybridized carbons (Fsp3) is 0.500. The van der Waals surface area contributed by atoms with Crippen LogP contribution in [0.25, 0.3) is 0 Å². The minimum Gasteiger partial charge on any atom is -0.383 e. The molecule has 1 rings (SSSR count). The summed E-state index contributed by atoms with van der Waals surface area (Å²) in [6, 6.07) is 7.53. The van der Waals surface area contributed by atoms with Crippen molar-refractivity contribution in [1.29, 1.82) is 0 Å². The number of hydrogen-bond acceptors (Lipinski definition) is 2. The van der Waals surface area contributed by atoms with Gasteiger partial charge in [0.2, 0.25) is 0 Å². The maximum absolute atomic E-state index is 11.7. The van der Waals surface area contributed by atoms with Crippen LogP contribution in [0.5, 0.6) is 0 Å². The first kappa shape index (κ1) is 15.1. The fourth-order valence-electron chi connectivity index (χ4n) is 1.47. The molecular weight excluding hydrogens is 267 g/mol. The molecule has 0 fully saturated rings. The van der Waals surface area contributed by atoms with Gasteiger partial charge in [0.1, 0.15) is 0 Å². The van der Waals surface area contributed by atoms with Gasteiger partial charge in [-0.3, -0.25) is 4.74 Å². The van der Waals surface area contributed by atoms with Crippen LogP contribution in [0, 0.1) is 0 Å². The second-order valence-corrected chi connectivity index (χ2v) is 4.09. The summed E-state index contributed by atoms with van der Waals surface area (Å²) in [6.45, 7) is -0.298. The first-order chi connectivity index (χ1) is 8.51. The van der Waals surface area contributed by atoms with E-state index in [1.165, 1.54) is 0 Å². The van der Waals surface area contributed by atoms with Crippen molar-refractivity contribution in [2.45, 2.75) is 19.2 Å². The van der Waals surface area contributed by atoms with Crippen LogP contribution in [0.3, 0.4) is 0 Å². The second-order valence-electron chi connectivity index (χ2n) is 3.71. The summed E-state index contributed by atoms with van der Waals surface area (Å²) in [5.74, 6) is 0.594. The van der Waals surface area contributed by atoms with Crippen LogP contribution in [0.4, 0.5) is 18.9 Å². The van der Waals surface area contributed by atoms with Crippen molar-refractivity contribution >= 4 is 17.3 Å². The Kier molecular flexibility index (Phi) is 6.29. The Bertz CT molecular complexity index is 357. The van der Waals surface area contributed by atoms with E-state index in [1.807, 2.05) is 18.2 Å². The van der Waals surface area contributed by atoms with Gasteiger partial charge in [0, 0.05) is 18.1 Å². The van der Waals surface area contributed by atoms with Crippen molar-refractivity contribution < 1.29 is 17.9 Å². The first-order valence-corrected chi connectivity index (χ1v) is 6.14. The van der Waals surface area contributed by atoms with Gasteiger partial charge in [-0.15, -0.1) is 24.8 Å². The lowest BCUT2D eigenvalue weighted by Gasteiger charge is -2.10. The number of alkyl halides is 4. The summed E-state index contributed by atoms with van der Waals surface area (Å²) in [4.78, 5) is 0. The maximum Gasteiger partial charge on any atom is 0.522 e. The molecule has 1 aromatic rings. The molecule has 0 amide bonds. The number of halogens is 4. The van der Waals surface area contributed by atoms with E-state index < -0.39 is 13.0 Å². The van der Waals surface area contributed by atoms with Crippen LogP contribution in [0.2, 0.25) is 0 Å². The molecule has 0 unspecified atom stereocenters. The van der Waals surface area contributed by atoms with E-state index in [0.717, 1.165) is 24.1 Å². The Morgan fingerprint density at radius 3 is 2.72 bits per heavy atom. The predicted molar refractivity (Wildman–Crippen MR) is 66.0 cm³/mol. The number of nitrogens with one attached hydrogen (secondary N) is 1. The number of ether oxygens (including phenoxy) is 1. The lowest BCUT2D eigenvalue weighted by atomic mass is 10.1. The molecule has 0 spiro atoms. The molecule has 102 valence electrons. The third kappa shape index (κ3) is 6.71. The molecule has 1 N–H and O–H groups in total. The maximum atomic E-state index is 11.7. The Hall–Kier alpha value is -0.940. The van der Waals surface area contributed by atoms with Crippen molar-refractivity contribution in [3.63, 3.8) is 0 Å². The molecule has 6 heteroatoms. The molecule has 1 aromatic carbocycles. The molecule has 0 saturated carbocycles. The Morgan fingerprint density at radius 2 is 2.06 bits per heavy atom. The highest BCUT2D eigenvalue weighted by Gasteiger charge is 2.28. The Labute approximate surface area is 109 Å². The minimum atomic E-state index is -4.57. The number of anilines is 1. The number of rotatable bonds is 7. The molecule has 2 nitrogen and oxygen atoms in total. The second kappa shape index (κ2) is 7.48. The summed E-state index contributed by atoms with van der Waals surface area (Å²) in [5.41, 5.74) is 1.89. The van der Waals surface area contributed by atoms with E-state index in [0.29, 0.717) is 5.88 Å². The highest BCUT2D eigenvalue weighted by molar-refractivity contribution is 6.17. The third-order valence-electron chi connectivity index (χ3n) is 2.22. The molecule has 0 bridgehead atoms. The summed E-state index contributed by atoms with van der Waals surface area (Å²) in [7, 11) is 0. The van der Waals surface area contributed by atoms with E-state index in [4.69, 9.17) is 11.6 Å². The minimum absolute atomic E-state index is 0.110. The molecule has 0 aromatic heterocycles. The van der Waals surface area contributed by atoms with Crippen LogP contribution >= 0.6 is 11.6 Å². The van der Waals surface area contributed by atoms with Gasteiger partial charge in [0.05, 0.1) is 6.61 Å². The van der Waals surface area contributed by atoms with Crippen LogP contribution in [0.15, 0.2) is 24.3 Å². The third-order valence-corrected chi connectivity index (χ3v) is 2.49. The molecule has 0 atom stereocenters. The summed E-state index contributed by atoms with van der Waals surface area (Å²) >= 11 is 5.60. The quantitative estimate of drug-likeness (QED) is 0.606. The molecule has 0 heterocycles. The van der Waals surface area contributed by atoms with Gasteiger partial charge in [-0.1, -0.05) is 12.1 Å². The monoisotopic (exact) mass is 281 g/mol. The first-order valence-electron chi connectivity index (χ1n) is 5.61. The molecule has 18 heavy (non-hydrogen) atoms. The normalized spacial score (nSPS) is 11.6. The van der Waals surface area contributed by atoms with E-state index in [1.54, 1.807) is 6.07 Å². The Morgan fingerprint density at radius 1 is 1.28 bits per heavy atom. The largest absolute Gasteiger partial charge is 0.522 e. The van der Waals surface area contributed by atoms with Gasteiger partial charge in [-0.05, 0) is 30.5 Å². The average molecular weight is 282 g/mol. The predicted octanol–water partition coefficient (Wildman–Crippen LogP) is 3.81. The molecule has 0 saturated heterocycles. The number of hydrogen-bond donors (Lipinski definition) is 1. The lowest BCUT2D eigenvalue weighted by Crippen LogP contribution is -2.19. The summed E-state index contributed by atoms with van der Waals surface area (Å²) in [5, 5.41) is 2.88. The fourth-order valence-corrected chi connectivity index (χ4v) is 1.60. The van der Waals surface area contributed by atoms with Crippen LogP contribution in [0.1, 0.15) is 12.0 Å². The van der Waals surface area contributed by atoms with Gasteiger partial charge in [-0.2, -0.15) is 0 Å². The van der Waals surface area contributed by atoms with Crippen molar-refractivity contribution in [2.75, 3.05) is 24.3 Å². The van der Waals surface area contributed by atoms with Crippen molar-refractivity contribution in [3.8, 4) is 0 Å². The van der Waals surface area contributed by atoms with E-state index >= 15 is 0 Å². The highest BCUT2D eigenvalue weighted by Crippen LogP contribution is 2.16. The van der Waals surface area contributed by atoms with Crippen LogP contribution < -0.4 is 5.32 Å². The van der Waals surface area contributed by atoms with E-state index in [-0.39, 0.29) is 6.54 Å². The SMILES string of the molecule is FC(F)(F)OCCNc1cccc(CCCCl)c1. The van der Waals surface area contributed by atoms with Crippen molar-refractivity contribution in [3.05, 3.63) is 29.8 Å². The number of aryl methyl sites for hydroxylation is 1. The van der Waals surface area contributed by atoms with Gasteiger partial charge in [-0.25, -0.2) is 0 Å². The van der Waals surface area contributed by atoms with Crippen molar-refractivity contribution in [2.24, 2.45) is 0 Å². The van der Waals surface area contributed by atoms with Crippen LogP contribution in [-0.4, -0.2) is 25.4 Å². The number of benzene rings is 1. The summed E-state index contributed by atoms with van der Waals surface area (Å²) < 4.78 is 38.8. The summed E-state index contributed by atoms with van der Waals surface area (Å²) in [6.07, 6.45) is -2.83. The van der Waals surface area contributed by atoms with Crippen LogP contribution in [-0.2, 0) is 11.2 Å². The molecule has 0 aliphatic carbocycles. The molecule has 0 aliphatic heterocycles. The lowest BCUT2D eigenvalue weighted by molar-refractivity contribution is -0.322. The Balaban J connectivity index is 2.33. The zero-order valence-electron chi connectivity index (χ0n) is 9.77. The van der Waals surface area contributed by atoms with Gasteiger partial charge in [0.25, 0.3) is 0 Å². The van der Waals surface area contributed by atoms with Gasteiger partial charge < -0.3 is 5.32 Å². The molecule has 0 aliphatic rings. The smallest absolute Gasteiger partial charge is 0.383 e. The van der Waals surface area contributed by atoms with Gasteiger partial charge in [0.15, 0.2) is 0 Å². The standard InChI is InChI=1S/C12H15ClF3NO/c13-6-2-4-10-3-1-5-11(9-10)17-7-8-18-12(14,15)16/h1,3,5,9,17H,2,4,6-8H2. The topological polar surface area (TPSA) is 21.3 Å². The zero-order chi connectivity index (χ0) is 13.4. The molecular formula is C12H15ClF3NO. The molecule has 0 radical (unpaired) electrons.